The van der Waals surface area contributed by atoms with Gasteiger partial charge in [0.25, 0.3) is 11.8 Å². The van der Waals surface area contributed by atoms with Crippen LogP contribution in [0.15, 0.2) is 108 Å². The van der Waals surface area contributed by atoms with Crippen molar-refractivity contribution in [3.05, 3.63) is 136 Å². The van der Waals surface area contributed by atoms with Crippen molar-refractivity contribution >= 4 is 46.7 Å². The second-order valence-corrected chi connectivity index (χ2v) is 11.3. The maximum Gasteiger partial charge on any atom is 0.328 e. The number of Topliss-reactive ketones (excluding diaryl/α,β-unsaturated/α-hetero) is 1. The highest BCUT2D eigenvalue weighted by molar-refractivity contribution is 6.35. The van der Waals surface area contributed by atoms with Crippen molar-refractivity contribution in [1.82, 2.24) is 5.32 Å². The third-order valence-electron chi connectivity index (χ3n) is 7.86. The maximum absolute atomic E-state index is 14.2. The predicted molar refractivity (Wildman–Crippen MR) is 174 cm³/mol. The van der Waals surface area contributed by atoms with E-state index in [9.17, 15) is 19.2 Å². The molecule has 0 aliphatic carbocycles. The molecular weight excluding hydrogens is 590 g/mol. The van der Waals surface area contributed by atoms with Crippen molar-refractivity contribution in [2.75, 3.05) is 12.0 Å². The van der Waals surface area contributed by atoms with Crippen LogP contribution in [-0.4, -0.2) is 48.1 Å². The van der Waals surface area contributed by atoms with E-state index in [0.29, 0.717) is 28.2 Å². The van der Waals surface area contributed by atoms with Gasteiger partial charge in [0.15, 0.2) is 5.78 Å². The first-order valence-electron chi connectivity index (χ1n) is 14.4. The smallest absolute Gasteiger partial charge is 0.328 e. The lowest BCUT2D eigenvalue weighted by Crippen LogP contribution is -2.49. The predicted octanol–water partition coefficient (Wildman–Crippen LogP) is 5.53. The van der Waals surface area contributed by atoms with Crippen LogP contribution in [0.3, 0.4) is 0 Å². The Morgan fingerprint density at radius 2 is 1.53 bits per heavy atom. The van der Waals surface area contributed by atoms with Crippen LogP contribution < -0.4 is 10.2 Å². The van der Waals surface area contributed by atoms with Crippen molar-refractivity contribution in [3.63, 3.8) is 0 Å². The molecule has 1 heterocycles. The highest BCUT2D eigenvalue weighted by Gasteiger charge is 2.52. The number of carbonyl (C=O) groups is 4. The molecule has 45 heavy (non-hydrogen) atoms. The summed E-state index contributed by atoms with van der Waals surface area (Å²) < 4.78 is 4.97. The molecule has 0 saturated heterocycles. The zero-order valence-corrected chi connectivity index (χ0v) is 25.9. The van der Waals surface area contributed by atoms with Gasteiger partial charge in [-0.05, 0) is 48.7 Å². The lowest BCUT2D eigenvalue weighted by Gasteiger charge is -2.25. The number of aryl methyl sites for hydroxylation is 1. The lowest BCUT2D eigenvalue weighted by atomic mass is 9.87. The van der Waals surface area contributed by atoms with Crippen molar-refractivity contribution in [2.24, 2.45) is 4.99 Å². The SMILES string of the molecule is COC(=O)C(Cc1ccc(N2C(=O)C(Cc3ccccc3)(C(C)=O)N=C2c2ccccc2)cc1)NC(=O)c1c(C)cccc1Cl. The van der Waals surface area contributed by atoms with E-state index in [4.69, 9.17) is 21.3 Å². The Labute approximate surface area is 266 Å². The van der Waals surface area contributed by atoms with Crippen molar-refractivity contribution < 1.29 is 23.9 Å². The molecule has 0 aromatic heterocycles. The van der Waals surface area contributed by atoms with E-state index in [-0.39, 0.29) is 29.2 Å². The Hall–Kier alpha value is -5.08. The summed E-state index contributed by atoms with van der Waals surface area (Å²) in [5.41, 5.74) is 2.06. The van der Waals surface area contributed by atoms with Gasteiger partial charge < -0.3 is 10.1 Å². The minimum Gasteiger partial charge on any atom is -0.467 e. The highest BCUT2D eigenvalue weighted by Crippen LogP contribution is 2.34. The first-order valence-corrected chi connectivity index (χ1v) is 14.8. The van der Waals surface area contributed by atoms with Gasteiger partial charge in [-0.3, -0.25) is 19.3 Å². The Morgan fingerprint density at radius 1 is 0.889 bits per heavy atom. The lowest BCUT2D eigenvalue weighted by molar-refractivity contribution is -0.142. The molecule has 1 N–H and O–H groups in total. The number of carbonyl (C=O) groups excluding carboxylic acids is 4. The molecule has 0 spiro atoms. The van der Waals surface area contributed by atoms with Gasteiger partial charge in [-0.1, -0.05) is 96.5 Å². The van der Waals surface area contributed by atoms with Crippen LogP contribution in [0.1, 0.15) is 39.5 Å². The number of methoxy groups -OCH3 is 1. The zero-order chi connectivity index (χ0) is 32.1. The number of ether oxygens (including phenoxy) is 1. The number of rotatable bonds is 10. The molecule has 2 amide bonds. The summed E-state index contributed by atoms with van der Waals surface area (Å²) in [6.07, 6.45) is 0.250. The van der Waals surface area contributed by atoms with E-state index in [1.54, 1.807) is 49.4 Å². The summed E-state index contributed by atoms with van der Waals surface area (Å²) in [4.78, 5) is 59.5. The standard InChI is InChI=1S/C36H32ClN3O5/c1-23-11-10-16-29(37)31(23)33(42)38-30(34(43)45-3)21-25-17-19-28(20-18-25)40-32(27-14-8-5-9-15-27)39-36(24(2)41,35(40)44)22-26-12-6-4-7-13-26/h4-20,30H,21-22H2,1-3H3,(H,38,42). The quantitative estimate of drug-likeness (QED) is 0.185. The van der Waals surface area contributed by atoms with Gasteiger partial charge in [0.2, 0.25) is 5.54 Å². The fraction of sp³-hybridized carbons (Fsp3) is 0.194. The Morgan fingerprint density at radius 3 is 2.13 bits per heavy atom. The molecule has 0 fully saturated rings. The number of hydrogen-bond acceptors (Lipinski definition) is 6. The van der Waals surface area contributed by atoms with Gasteiger partial charge in [0, 0.05) is 18.4 Å². The first kappa shape index (κ1) is 31.3. The van der Waals surface area contributed by atoms with Gasteiger partial charge >= 0.3 is 5.97 Å². The number of nitrogens with zero attached hydrogens (tertiary/aromatic N) is 2. The fourth-order valence-electron chi connectivity index (χ4n) is 5.44. The van der Waals surface area contributed by atoms with Crippen LogP contribution in [-0.2, 0) is 32.0 Å². The Bertz CT molecular complexity index is 1750. The summed E-state index contributed by atoms with van der Waals surface area (Å²) >= 11 is 6.27. The van der Waals surface area contributed by atoms with Crippen molar-refractivity contribution in [2.45, 2.75) is 38.3 Å². The van der Waals surface area contributed by atoms with Crippen LogP contribution in [0.4, 0.5) is 5.69 Å². The van der Waals surface area contributed by atoms with Crippen molar-refractivity contribution in [3.8, 4) is 0 Å². The third kappa shape index (κ3) is 6.42. The molecule has 228 valence electrons. The van der Waals surface area contributed by atoms with E-state index in [1.165, 1.54) is 18.9 Å². The van der Waals surface area contributed by atoms with E-state index >= 15 is 0 Å². The van der Waals surface area contributed by atoms with E-state index in [1.807, 2.05) is 60.7 Å². The summed E-state index contributed by atoms with van der Waals surface area (Å²) in [5, 5.41) is 3.03. The molecule has 1 aliphatic heterocycles. The van der Waals surface area contributed by atoms with Crippen LogP contribution >= 0.6 is 11.6 Å². The molecule has 1 aliphatic rings. The number of ketones is 1. The molecule has 4 aromatic rings. The number of amides is 2. The van der Waals surface area contributed by atoms with Crippen LogP contribution in [0.2, 0.25) is 5.02 Å². The maximum atomic E-state index is 14.2. The van der Waals surface area contributed by atoms with Gasteiger partial charge in [-0.25, -0.2) is 9.79 Å². The largest absolute Gasteiger partial charge is 0.467 e. The average Bonchev–Trinajstić information content (AvgIpc) is 3.34. The number of hydrogen-bond donors (Lipinski definition) is 1. The number of halogens is 1. The fourth-order valence-corrected chi connectivity index (χ4v) is 5.75. The van der Waals surface area contributed by atoms with Crippen LogP contribution in [0, 0.1) is 6.92 Å². The van der Waals surface area contributed by atoms with E-state index in [2.05, 4.69) is 5.32 Å². The van der Waals surface area contributed by atoms with Gasteiger partial charge in [-0.2, -0.15) is 0 Å². The number of benzene rings is 4. The molecular formula is C36H32ClN3O5. The molecule has 2 unspecified atom stereocenters. The van der Waals surface area contributed by atoms with Gasteiger partial charge in [0.05, 0.1) is 23.4 Å². The van der Waals surface area contributed by atoms with E-state index < -0.39 is 29.4 Å². The molecule has 9 heteroatoms. The number of aliphatic imine (C=N–C) groups is 1. The van der Waals surface area contributed by atoms with Crippen LogP contribution in [0.5, 0.6) is 0 Å². The summed E-state index contributed by atoms with van der Waals surface area (Å²) in [6, 6.07) is 29.7. The third-order valence-corrected chi connectivity index (χ3v) is 8.17. The van der Waals surface area contributed by atoms with Crippen LogP contribution in [0.25, 0.3) is 0 Å². The number of nitrogens with one attached hydrogen (secondary N) is 1. The second kappa shape index (κ2) is 13.3. The van der Waals surface area contributed by atoms with Gasteiger partial charge in [-0.15, -0.1) is 0 Å². The molecule has 5 rings (SSSR count). The van der Waals surface area contributed by atoms with Crippen molar-refractivity contribution in [1.29, 1.82) is 0 Å². The second-order valence-electron chi connectivity index (χ2n) is 10.9. The minimum atomic E-state index is -1.62. The highest BCUT2D eigenvalue weighted by atomic mass is 35.5. The number of esters is 1. The first-order chi connectivity index (χ1) is 21.6. The Kier molecular flexibility index (Phi) is 9.25. The van der Waals surface area contributed by atoms with Gasteiger partial charge in [0.1, 0.15) is 11.9 Å². The molecule has 0 bridgehead atoms. The molecule has 4 aromatic carbocycles. The number of amidine groups is 1. The monoisotopic (exact) mass is 621 g/mol. The number of anilines is 1. The average molecular weight is 622 g/mol. The zero-order valence-electron chi connectivity index (χ0n) is 25.1. The molecule has 8 nitrogen and oxygen atoms in total. The van der Waals surface area contributed by atoms with E-state index in [0.717, 1.165) is 5.56 Å². The Balaban J connectivity index is 1.45. The minimum absolute atomic E-state index is 0.123. The normalized spacial score (nSPS) is 16.6. The molecule has 0 saturated carbocycles. The molecule has 0 radical (unpaired) electrons. The summed E-state index contributed by atoms with van der Waals surface area (Å²) in [6.45, 7) is 3.16. The summed E-state index contributed by atoms with van der Waals surface area (Å²) in [5.74, 6) is -1.53. The molecule has 2 atom stereocenters. The summed E-state index contributed by atoms with van der Waals surface area (Å²) in [7, 11) is 1.26. The topological polar surface area (TPSA) is 105 Å².